The van der Waals surface area contributed by atoms with Crippen LogP contribution in [0.5, 0.6) is 0 Å². The van der Waals surface area contributed by atoms with Crippen LogP contribution in [0.4, 0.5) is 17.3 Å². The lowest BCUT2D eigenvalue weighted by atomic mass is 10.3. The molecule has 3 rings (SSSR count). The van der Waals surface area contributed by atoms with Gasteiger partial charge in [-0.25, -0.2) is 9.97 Å². The number of benzene rings is 1. The number of fused-ring (bicyclic) bond motifs is 1. The maximum atomic E-state index is 4.62. The van der Waals surface area contributed by atoms with Gasteiger partial charge >= 0.3 is 0 Å². The molecule has 0 bridgehead atoms. The van der Waals surface area contributed by atoms with Crippen LogP contribution in [0.25, 0.3) is 5.65 Å². The molecule has 0 radical (unpaired) electrons. The van der Waals surface area contributed by atoms with Crippen LogP contribution in [-0.2, 0) is 0 Å². The lowest BCUT2D eigenvalue weighted by Crippen LogP contribution is -2.05. The Morgan fingerprint density at radius 3 is 2.95 bits per heavy atom. The maximum Gasteiger partial charge on any atom is 0.180 e. The summed E-state index contributed by atoms with van der Waals surface area (Å²) in [6, 6.07) is 8.18. The highest BCUT2D eigenvalue weighted by Crippen LogP contribution is 2.28. The van der Waals surface area contributed by atoms with Crippen molar-refractivity contribution in [2.24, 2.45) is 0 Å². The van der Waals surface area contributed by atoms with Crippen LogP contribution in [0.15, 0.2) is 47.8 Å². The number of hydrogen-bond donors (Lipinski definition) is 2. The molecule has 0 aliphatic heterocycles. The summed E-state index contributed by atoms with van der Waals surface area (Å²) in [5, 5.41) is 6.64. The SMILES string of the molecule is CCNc1cn2ccnc2c(Nc2ccccc2SC)n1. The topological polar surface area (TPSA) is 54.2 Å². The Kier molecular flexibility index (Phi) is 3.96. The van der Waals surface area contributed by atoms with E-state index in [0.29, 0.717) is 0 Å². The predicted octanol–water partition coefficient (Wildman–Crippen LogP) is 3.63. The van der Waals surface area contributed by atoms with Crippen LogP contribution >= 0.6 is 11.8 Å². The summed E-state index contributed by atoms with van der Waals surface area (Å²) in [6.07, 6.45) is 7.70. The van der Waals surface area contributed by atoms with E-state index in [-0.39, 0.29) is 0 Å². The number of hydrogen-bond acceptors (Lipinski definition) is 5. The molecule has 5 nitrogen and oxygen atoms in total. The quantitative estimate of drug-likeness (QED) is 0.705. The molecule has 2 aromatic heterocycles. The molecule has 2 heterocycles. The summed E-state index contributed by atoms with van der Waals surface area (Å²) in [4.78, 5) is 10.2. The molecule has 0 fully saturated rings. The second-order valence-electron chi connectivity index (χ2n) is 4.49. The summed E-state index contributed by atoms with van der Waals surface area (Å²) in [7, 11) is 0. The smallest absolute Gasteiger partial charge is 0.180 e. The number of nitrogens with zero attached hydrogens (tertiary/aromatic N) is 3. The number of imidazole rings is 1. The Balaban J connectivity index is 2.04. The highest BCUT2D eigenvalue weighted by atomic mass is 32.2. The number of aromatic nitrogens is 3. The molecule has 6 heteroatoms. The molecule has 0 saturated heterocycles. The summed E-state index contributed by atoms with van der Waals surface area (Å²) >= 11 is 1.70. The molecular formula is C15H17N5S. The summed E-state index contributed by atoms with van der Waals surface area (Å²) in [6.45, 7) is 2.88. The van der Waals surface area contributed by atoms with Gasteiger partial charge in [0, 0.05) is 23.8 Å². The first kappa shape index (κ1) is 13.8. The van der Waals surface area contributed by atoms with E-state index in [1.54, 1.807) is 18.0 Å². The fourth-order valence-electron chi connectivity index (χ4n) is 2.16. The number of para-hydroxylation sites is 1. The average Bonchev–Trinajstić information content (AvgIpc) is 2.97. The molecule has 0 spiro atoms. The summed E-state index contributed by atoms with van der Waals surface area (Å²) < 4.78 is 1.97. The second-order valence-corrected chi connectivity index (χ2v) is 5.34. The van der Waals surface area contributed by atoms with Crippen LogP contribution in [0.1, 0.15) is 6.92 Å². The summed E-state index contributed by atoms with van der Waals surface area (Å²) in [5.41, 5.74) is 1.85. The first-order valence-electron chi connectivity index (χ1n) is 6.79. The van der Waals surface area contributed by atoms with Crippen molar-refractivity contribution in [3.8, 4) is 0 Å². The van der Waals surface area contributed by atoms with Crippen LogP contribution in [0, 0.1) is 0 Å². The van der Waals surface area contributed by atoms with Gasteiger partial charge in [-0.15, -0.1) is 11.8 Å². The van der Waals surface area contributed by atoms with Crippen molar-refractivity contribution in [3.05, 3.63) is 42.9 Å². The maximum absolute atomic E-state index is 4.62. The van der Waals surface area contributed by atoms with Crippen LogP contribution in [-0.4, -0.2) is 27.2 Å². The van der Waals surface area contributed by atoms with Crippen molar-refractivity contribution in [3.63, 3.8) is 0 Å². The van der Waals surface area contributed by atoms with E-state index >= 15 is 0 Å². The third-order valence-electron chi connectivity index (χ3n) is 3.09. The zero-order valence-corrected chi connectivity index (χ0v) is 12.8. The minimum atomic E-state index is 0.750. The van der Waals surface area contributed by atoms with Gasteiger partial charge in [0.25, 0.3) is 0 Å². The van der Waals surface area contributed by atoms with Gasteiger partial charge < -0.3 is 15.0 Å². The predicted molar refractivity (Wildman–Crippen MR) is 88.7 cm³/mol. The minimum absolute atomic E-state index is 0.750. The lowest BCUT2D eigenvalue weighted by molar-refractivity contribution is 1.09. The average molecular weight is 299 g/mol. The first-order valence-corrected chi connectivity index (χ1v) is 8.02. The van der Waals surface area contributed by atoms with E-state index in [2.05, 4.69) is 39.8 Å². The fourth-order valence-corrected chi connectivity index (χ4v) is 2.71. The molecule has 0 amide bonds. The Morgan fingerprint density at radius 2 is 2.14 bits per heavy atom. The van der Waals surface area contributed by atoms with Crippen molar-refractivity contribution >= 4 is 34.7 Å². The van der Waals surface area contributed by atoms with E-state index in [9.17, 15) is 0 Å². The molecular weight excluding hydrogens is 282 g/mol. The highest BCUT2D eigenvalue weighted by Gasteiger charge is 2.09. The van der Waals surface area contributed by atoms with Gasteiger partial charge in [-0.3, -0.25) is 0 Å². The number of thioether (sulfide) groups is 1. The van der Waals surface area contributed by atoms with Crippen molar-refractivity contribution in [1.82, 2.24) is 14.4 Å². The highest BCUT2D eigenvalue weighted by molar-refractivity contribution is 7.98. The van der Waals surface area contributed by atoms with Crippen molar-refractivity contribution in [2.45, 2.75) is 11.8 Å². The van der Waals surface area contributed by atoms with Gasteiger partial charge in [-0.1, -0.05) is 12.1 Å². The minimum Gasteiger partial charge on any atom is -0.369 e. The zero-order valence-electron chi connectivity index (χ0n) is 12.0. The molecule has 3 aromatic rings. The molecule has 2 N–H and O–H groups in total. The lowest BCUT2D eigenvalue weighted by Gasteiger charge is -2.12. The van der Waals surface area contributed by atoms with Gasteiger partial charge in [0.2, 0.25) is 0 Å². The van der Waals surface area contributed by atoms with Gasteiger partial charge in [0.05, 0.1) is 11.9 Å². The molecule has 0 atom stereocenters. The number of rotatable bonds is 5. The van der Waals surface area contributed by atoms with E-state index in [1.807, 2.05) is 35.0 Å². The number of nitrogens with one attached hydrogen (secondary N) is 2. The van der Waals surface area contributed by atoms with Crippen LogP contribution in [0.2, 0.25) is 0 Å². The Bertz CT molecular complexity index is 753. The van der Waals surface area contributed by atoms with E-state index in [4.69, 9.17) is 0 Å². The normalized spacial score (nSPS) is 10.8. The van der Waals surface area contributed by atoms with Gasteiger partial charge in [-0.2, -0.15) is 0 Å². The van der Waals surface area contributed by atoms with Gasteiger partial charge in [-0.05, 0) is 25.3 Å². The van der Waals surface area contributed by atoms with E-state index in [0.717, 1.165) is 29.5 Å². The van der Waals surface area contributed by atoms with Crippen molar-refractivity contribution < 1.29 is 0 Å². The van der Waals surface area contributed by atoms with Gasteiger partial charge in [0.15, 0.2) is 11.5 Å². The first-order chi connectivity index (χ1) is 10.3. The molecule has 1 aromatic carbocycles. The van der Waals surface area contributed by atoms with Crippen LogP contribution < -0.4 is 10.6 Å². The number of anilines is 3. The Hall–Kier alpha value is -2.21. The Labute approximate surface area is 127 Å². The second kappa shape index (κ2) is 6.05. The van der Waals surface area contributed by atoms with Crippen molar-refractivity contribution in [1.29, 1.82) is 0 Å². The molecule has 21 heavy (non-hydrogen) atoms. The van der Waals surface area contributed by atoms with Gasteiger partial charge in [0.1, 0.15) is 5.82 Å². The third-order valence-corrected chi connectivity index (χ3v) is 3.89. The zero-order chi connectivity index (χ0) is 14.7. The monoisotopic (exact) mass is 299 g/mol. The fraction of sp³-hybridized carbons (Fsp3) is 0.200. The largest absolute Gasteiger partial charge is 0.369 e. The van der Waals surface area contributed by atoms with Crippen molar-refractivity contribution in [2.75, 3.05) is 23.4 Å². The molecule has 0 saturated carbocycles. The standard InChI is InChI=1S/C15H17N5S/c1-3-16-13-10-20-9-8-17-15(20)14(19-13)18-11-6-4-5-7-12(11)21-2/h4-10,16H,3H2,1-2H3,(H,18,19). The summed E-state index contributed by atoms with van der Waals surface area (Å²) in [5.74, 6) is 1.58. The molecule has 0 unspecified atom stereocenters. The van der Waals surface area contributed by atoms with E-state index in [1.165, 1.54) is 4.90 Å². The third kappa shape index (κ3) is 2.80. The Morgan fingerprint density at radius 1 is 1.29 bits per heavy atom. The molecule has 0 aliphatic carbocycles. The van der Waals surface area contributed by atoms with Crippen LogP contribution in [0.3, 0.4) is 0 Å². The molecule has 0 aliphatic rings. The van der Waals surface area contributed by atoms with E-state index < -0.39 is 0 Å². The molecule has 108 valence electrons.